The van der Waals surface area contributed by atoms with Gasteiger partial charge >= 0.3 is 0 Å². The van der Waals surface area contributed by atoms with E-state index in [-0.39, 0.29) is 24.1 Å². The van der Waals surface area contributed by atoms with Crippen LogP contribution in [0.2, 0.25) is 0 Å². The first-order chi connectivity index (χ1) is 15.9. The predicted octanol–water partition coefficient (Wildman–Crippen LogP) is 3.05. The van der Waals surface area contributed by atoms with E-state index in [9.17, 15) is 14.7 Å². The minimum atomic E-state index is -0.295. The summed E-state index contributed by atoms with van der Waals surface area (Å²) in [6, 6.07) is 16.9. The third-order valence-electron chi connectivity index (χ3n) is 6.19. The number of aromatic nitrogens is 4. The van der Waals surface area contributed by atoms with Crippen LogP contribution in [0.1, 0.15) is 35.6 Å². The molecule has 0 unspecified atom stereocenters. The van der Waals surface area contributed by atoms with Crippen LogP contribution >= 0.6 is 0 Å². The maximum atomic E-state index is 12.7. The van der Waals surface area contributed by atoms with E-state index in [0.717, 1.165) is 24.0 Å². The average Bonchev–Trinajstić information content (AvgIpc) is 3.22. The molecule has 2 heterocycles. The summed E-state index contributed by atoms with van der Waals surface area (Å²) in [5, 5.41) is 16.8. The van der Waals surface area contributed by atoms with Crippen LogP contribution in [-0.4, -0.2) is 36.3 Å². The molecule has 0 spiro atoms. The molecule has 8 heteroatoms. The number of rotatable bonds is 5. The van der Waals surface area contributed by atoms with Gasteiger partial charge in [-0.25, -0.2) is 0 Å². The second-order valence-electron chi connectivity index (χ2n) is 8.72. The molecule has 0 bridgehead atoms. The van der Waals surface area contributed by atoms with Crippen LogP contribution in [0.3, 0.4) is 0 Å². The monoisotopic (exact) mass is 443 g/mol. The zero-order valence-electron chi connectivity index (χ0n) is 18.5. The van der Waals surface area contributed by atoms with E-state index in [2.05, 4.69) is 15.4 Å². The Morgan fingerprint density at radius 2 is 1.79 bits per heavy atom. The summed E-state index contributed by atoms with van der Waals surface area (Å²) in [5.74, 6) is 0.906. The van der Waals surface area contributed by atoms with E-state index in [1.54, 1.807) is 11.5 Å². The third-order valence-corrected chi connectivity index (χ3v) is 6.19. The van der Waals surface area contributed by atoms with Crippen molar-refractivity contribution in [1.82, 2.24) is 19.2 Å². The van der Waals surface area contributed by atoms with Crippen molar-refractivity contribution < 1.29 is 9.90 Å². The molecule has 0 radical (unpaired) electrons. The van der Waals surface area contributed by atoms with Gasteiger partial charge in [0.2, 0.25) is 11.7 Å². The summed E-state index contributed by atoms with van der Waals surface area (Å²) < 4.78 is 2.92. The molecule has 0 atom stereocenters. The molecule has 2 aromatic carbocycles. The maximum absolute atomic E-state index is 12.7. The number of benzene rings is 2. The zero-order chi connectivity index (χ0) is 23.1. The normalized spacial score (nSPS) is 17.7. The van der Waals surface area contributed by atoms with Gasteiger partial charge in [-0.05, 0) is 50.3 Å². The molecular weight excluding hydrogens is 418 g/mol. The molecule has 33 heavy (non-hydrogen) atoms. The van der Waals surface area contributed by atoms with Gasteiger partial charge in [-0.2, -0.15) is 9.50 Å². The number of carbonyl (C=O) groups excluding carboxylic acids is 1. The molecule has 1 aliphatic carbocycles. The fourth-order valence-corrected chi connectivity index (χ4v) is 4.16. The number of hydrogen-bond donors (Lipinski definition) is 2. The first kappa shape index (κ1) is 21.1. The van der Waals surface area contributed by atoms with Crippen molar-refractivity contribution >= 4 is 17.4 Å². The van der Waals surface area contributed by atoms with E-state index in [0.29, 0.717) is 28.9 Å². The van der Waals surface area contributed by atoms with Gasteiger partial charge in [0.25, 0.3) is 5.56 Å². The molecule has 2 N–H and O–H groups in total. The van der Waals surface area contributed by atoms with E-state index < -0.39 is 0 Å². The molecule has 1 saturated carbocycles. The number of hydrogen-bond acceptors (Lipinski definition) is 5. The number of amides is 1. The minimum absolute atomic E-state index is 0.00453. The number of fused-ring (bicyclic) bond motifs is 1. The number of aliphatic hydroxyl groups excluding tert-OH is 1. The van der Waals surface area contributed by atoms with Crippen LogP contribution in [0.25, 0.3) is 17.2 Å². The lowest BCUT2D eigenvalue weighted by Gasteiger charge is -2.31. The van der Waals surface area contributed by atoms with Crippen molar-refractivity contribution in [3.8, 4) is 11.4 Å². The Balaban J connectivity index is 1.43. The van der Waals surface area contributed by atoms with Crippen LogP contribution in [0.15, 0.2) is 59.4 Å². The smallest absolute Gasteiger partial charge is 0.275 e. The SMILES string of the molecule is Cc1ccc(NC(=O)Cn2c(C)cc(=O)n3nc(-c4ccc(C5CC(O)C5)cc4)nc23)cc1. The van der Waals surface area contributed by atoms with Crippen molar-refractivity contribution in [2.24, 2.45) is 0 Å². The molecule has 8 nitrogen and oxygen atoms in total. The van der Waals surface area contributed by atoms with Gasteiger partial charge < -0.3 is 15.0 Å². The van der Waals surface area contributed by atoms with Gasteiger partial charge in [0.05, 0.1) is 6.10 Å². The fourth-order valence-electron chi connectivity index (χ4n) is 4.16. The second kappa shape index (κ2) is 8.29. The Labute approximate surface area is 190 Å². The van der Waals surface area contributed by atoms with Crippen LogP contribution < -0.4 is 10.9 Å². The van der Waals surface area contributed by atoms with Crippen molar-refractivity contribution in [1.29, 1.82) is 0 Å². The lowest BCUT2D eigenvalue weighted by molar-refractivity contribution is -0.116. The van der Waals surface area contributed by atoms with Crippen molar-refractivity contribution in [2.45, 2.75) is 45.3 Å². The van der Waals surface area contributed by atoms with Gasteiger partial charge in [0, 0.05) is 23.0 Å². The predicted molar refractivity (Wildman–Crippen MR) is 125 cm³/mol. The Morgan fingerprint density at radius 3 is 2.45 bits per heavy atom. The summed E-state index contributed by atoms with van der Waals surface area (Å²) in [5.41, 5.74) is 4.12. The molecule has 1 fully saturated rings. The van der Waals surface area contributed by atoms with Gasteiger partial charge in [-0.1, -0.05) is 42.0 Å². The van der Waals surface area contributed by atoms with Gasteiger partial charge in [-0.3, -0.25) is 9.59 Å². The van der Waals surface area contributed by atoms with E-state index >= 15 is 0 Å². The first-order valence-corrected chi connectivity index (χ1v) is 11.0. The molecule has 2 aromatic heterocycles. The summed E-state index contributed by atoms with van der Waals surface area (Å²) in [4.78, 5) is 29.8. The molecule has 1 aliphatic rings. The van der Waals surface area contributed by atoms with E-state index in [1.165, 1.54) is 16.1 Å². The standard InChI is InChI=1S/C25H25N5O3/c1-15-3-9-20(10-4-15)26-22(32)14-29-16(2)11-23(33)30-25(29)27-24(28-30)18-7-5-17(6-8-18)19-12-21(31)13-19/h3-11,19,21,31H,12-14H2,1-2H3,(H,26,32). The van der Waals surface area contributed by atoms with Crippen molar-refractivity contribution in [2.75, 3.05) is 5.32 Å². The molecular formula is C25H25N5O3. The van der Waals surface area contributed by atoms with Gasteiger partial charge in [-0.15, -0.1) is 5.10 Å². The highest BCUT2D eigenvalue weighted by atomic mass is 16.3. The van der Waals surface area contributed by atoms with Crippen LogP contribution in [0, 0.1) is 13.8 Å². The number of nitrogens with zero attached hydrogens (tertiary/aromatic N) is 4. The summed E-state index contributed by atoms with van der Waals surface area (Å²) in [7, 11) is 0. The number of nitrogens with one attached hydrogen (secondary N) is 1. The molecule has 1 amide bonds. The molecule has 0 aliphatic heterocycles. The van der Waals surface area contributed by atoms with Crippen molar-refractivity contribution in [3.05, 3.63) is 81.8 Å². The van der Waals surface area contributed by atoms with Crippen LogP contribution in [-0.2, 0) is 11.3 Å². The second-order valence-corrected chi connectivity index (χ2v) is 8.72. The number of aliphatic hydroxyl groups is 1. The summed E-state index contributed by atoms with van der Waals surface area (Å²) >= 11 is 0. The lowest BCUT2D eigenvalue weighted by Crippen LogP contribution is -2.26. The van der Waals surface area contributed by atoms with E-state index in [4.69, 9.17) is 0 Å². The highest BCUT2D eigenvalue weighted by Gasteiger charge is 2.28. The van der Waals surface area contributed by atoms with Gasteiger partial charge in [0.1, 0.15) is 6.54 Å². The van der Waals surface area contributed by atoms with Crippen LogP contribution in [0.4, 0.5) is 5.69 Å². The Morgan fingerprint density at radius 1 is 1.09 bits per heavy atom. The Kier molecular flexibility index (Phi) is 5.30. The minimum Gasteiger partial charge on any atom is -0.393 e. The number of carbonyl (C=O) groups is 1. The number of aryl methyl sites for hydroxylation is 2. The third kappa shape index (κ3) is 4.17. The lowest BCUT2D eigenvalue weighted by atomic mass is 9.77. The summed E-state index contributed by atoms with van der Waals surface area (Å²) in [6.07, 6.45) is 1.37. The fraction of sp³-hybridized carbons (Fsp3) is 0.280. The first-order valence-electron chi connectivity index (χ1n) is 11.0. The maximum Gasteiger partial charge on any atom is 0.275 e. The highest BCUT2D eigenvalue weighted by Crippen LogP contribution is 2.37. The topological polar surface area (TPSA) is 102 Å². The Hall–Kier alpha value is -3.78. The van der Waals surface area contributed by atoms with Crippen molar-refractivity contribution in [3.63, 3.8) is 0 Å². The Bertz CT molecular complexity index is 1380. The quantitative estimate of drug-likeness (QED) is 0.494. The molecule has 168 valence electrons. The average molecular weight is 444 g/mol. The van der Waals surface area contributed by atoms with Crippen LogP contribution in [0.5, 0.6) is 0 Å². The molecule has 4 aromatic rings. The molecule has 0 saturated heterocycles. The summed E-state index contributed by atoms with van der Waals surface area (Å²) in [6.45, 7) is 3.77. The van der Waals surface area contributed by atoms with E-state index in [1.807, 2.05) is 55.5 Å². The largest absolute Gasteiger partial charge is 0.393 e. The highest BCUT2D eigenvalue weighted by molar-refractivity contribution is 5.90. The zero-order valence-corrected chi connectivity index (χ0v) is 18.5. The number of anilines is 1. The molecule has 5 rings (SSSR count). The van der Waals surface area contributed by atoms with Gasteiger partial charge in [0.15, 0.2) is 5.82 Å².